The summed E-state index contributed by atoms with van der Waals surface area (Å²) < 4.78 is 16.0. The van der Waals surface area contributed by atoms with Crippen molar-refractivity contribution in [1.82, 2.24) is 19.7 Å². The molecule has 3 N–H and O–H groups in total. The summed E-state index contributed by atoms with van der Waals surface area (Å²) in [6.45, 7) is 0.406. The van der Waals surface area contributed by atoms with Crippen LogP contribution in [-0.2, 0) is 6.54 Å². The Morgan fingerprint density at radius 3 is 2.60 bits per heavy atom. The molecule has 0 aliphatic carbocycles. The maximum Gasteiger partial charge on any atom is 0.127 e. The van der Waals surface area contributed by atoms with Crippen molar-refractivity contribution in [2.45, 2.75) is 6.54 Å². The number of pyridine rings is 2. The third-order valence-corrected chi connectivity index (χ3v) is 6.02. The number of fused-ring (bicyclic) bond motifs is 2. The minimum atomic E-state index is -0.546. The highest BCUT2D eigenvalue weighted by atomic mass is 19.1. The monoisotopic (exact) mass is 461 g/mol. The van der Waals surface area contributed by atoms with Gasteiger partial charge >= 0.3 is 0 Å². The molecule has 7 heteroatoms. The second-order valence-electron chi connectivity index (χ2n) is 8.38. The Bertz CT molecular complexity index is 1690. The molecule has 0 aliphatic rings. The van der Waals surface area contributed by atoms with Crippen LogP contribution < -0.4 is 5.73 Å². The van der Waals surface area contributed by atoms with Crippen molar-refractivity contribution >= 4 is 27.5 Å². The van der Waals surface area contributed by atoms with Gasteiger partial charge in [-0.3, -0.25) is 9.67 Å². The maximum absolute atomic E-state index is 14.1. The predicted octanol–water partition coefficient (Wildman–Crippen LogP) is 5.79. The molecule has 170 valence electrons. The van der Waals surface area contributed by atoms with E-state index in [0.29, 0.717) is 28.9 Å². The van der Waals surface area contributed by atoms with Gasteiger partial charge in [0.15, 0.2) is 0 Å². The van der Waals surface area contributed by atoms with Gasteiger partial charge in [-0.25, -0.2) is 9.37 Å². The molecule has 0 atom stereocenters. The van der Waals surface area contributed by atoms with E-state index in [0.717, 1.165) is 39.3 Å². The minimum Gasteiger partial charge on any atom is -0.508 e. The SMILES string of the molecule is Nc1cccc2c1c(-c1cc(O)cc(F)c1)nn2Cc1cc2ccccc2nc1-c1cccnc1. The van der Waals surface area contributed by atoms with Crippen LogP contribution in [0.25, 0.3) is 44.3 Å². The number of hydrogen-bond donors (Lipinski definition) is 2. The summed E-state index contributed by atoms with van der Waals surface area (Å²) in [7, 11) is 0. The molecule has 0 bridgehead atoms. The summed E-state index contributed by atoms with van der Waals surface area (Å²) in [5.41, 5.74) is 12.2. The van der Waals surface area contributed by atoms with Gasteiger partial charge in [-0.05, 0) is 48.5 Å². The van der Waals surface area contributed by atoms with Crippen molar-refractivity contribution in [1.29, 1.82) is 0 Å². The lowest BCUT2D eigenvalue weighted by Crippen LogP contribution is -2.05. The largest absolute Gasteiger partial charge is 0.508 e. The first-order valence-corrected chi connectivity index (χ1v) is 11.1. The number of benzene rings is 3. The lowest BCUT2D eigenvalue weighted by atomic mass is 10.0. The molecule has 0 aliphatic heterocycles. The fourth-order valence-electron chi connectivity index (χ4n) is 4.48. The number of nitrogens with zero attached hydrogens (tertiary/aromatic N) is 4. The highest BCUT2D eigenvalue weighted by Crippen LogP contribution is 2.35. The third kappa shape index (κ3) is 3.73. The number of halogens is 1. The van der Waals surface area contributed by atoms with Gasteiger partial charge in [-0.1, -0.05) is 24.3 Å². The number of para-hydroxylation sites is 1. The number of rotatable bonds is 4. The maximum atomic E-state index is 14.1. The summed E-state index contributed by atoms with van der Waals surface area (Å²) in [5, 5.41) is 16.5. The first-order valence-electron chi connectivity index (χ1n) is 11.1. The number of nitrogen functional groups attached to an aromatic ring is 1. The molecular formula is C28H20FN5O. The molecule has 0 unspecified atom stereocenters. The minimum absolute atomic E-state index is 0.171. The van der Waals surface area contributed by atoms with Gasteiger partial charge in [-0.2, -0.15) is 5.10 Å². The highest BCUT2D eigenvalue weighted by Gasteiger charge is 2.18. The first-order chi connectivity index (χ1) is 17.1. The normalized spacial score (nSPS) is 11.3. The van der Waals surface area contributed by atoms with Gasteiger partial charge in [0, 0.05) is 46.2 Å². The smallest absolute Gasteiger partial charge is 0.127 e. The molecule has 6 aromatic rings. The number of aromatic nitrogens is 4. The zero-order chi connectivity index (χ0) is 23.9. The van der Waals surface area contributed by atoms with Crippen LogP contribution in [0.4, 0.5) is 10.1 Å². The van der Waals surface area contributed by atoms with Crippen LogP contribution in [-0.4, -0.2) is 24.9 Å². The van der Waals surface area contributed by atoms with Gasteiger partial charge in [0.05, 0.1) is 28.7 Å². The molecule has 0 saturated carbocycles. The molecule has 0 amide bonds. The molecule has 35 heavy (non-hydrogen) atoms. The van der Waals surface area contributed by atoms with Gasteiger partial charge in [0.1, 0.15) is 17.3 Å². The Morgan fingerprint density at radius 1 is 0.886 bits per heavy atom. The average molecular weight is 462 g/mol. The van der Waals surface area contributed by atoms with Crippen LogP contribution in [0.5, 0.6) is 5.75 Å². The van der Waals surface area contributed by atoms with Crippen molar-refractivity contribution in [2.24, 2.45) is 0 Å². The van der Waals surface area contributed by atoms with E-state index >= 15 is 0 Å². The summed E-state index contributed by atoms with van der Waals surface area (Å²) in [4.78, 5) is 9.21. The Kier molecular flexibility index (Phi) is 4.88. The molecule has 0 fully saturated rings. The molecule has 3 aromatic heterocycles. The molecule has 3 aromatic carbocycles. The van der Waals surface area contributed by atoms with Crippen LogP contribution in [0.2, 0.25) is 0 Å². The molecule has 3 heterocycles. The number of anilines is 1. The third-order valence-electron chi connectivity index (χ3n) is 6.02. The number of hydrogen-bond acceptors (Lipinski definition) is 5. The van der Waals surface area contributed by atoms with Crippen molar-refractivity contribution < 1.29 is 9.50 Å². The van der Waals surface area contributed by atoms with Crippen LogP contribution >= 0.6 is 0 Å². The van der Waals surface area contributed by atoms with E-state index < -0.39 is 5.82 Å². The zero-order valence-corrected chi connectivity index (χ0v) is 18.6. The number of phenolic OH excluding ortho intramolecular Hbond substituents is 1. The summed E-state index contributed by atoms with van der Waals surface area (Å²) in [5.74, 6) is -0.718. The fourth-order valence-corrected chi connectivity index (χ4v) is 4.48. The predicted molar refractivity (Wildman–Crippen MR) is 135 cm³/mol. The van der Waals surface area contributed by atoms with Gasteiger partial charge in [0.25, 0.3) is 0 Å². The van der Waals surface area contributed by atoms with Gasteiger partial charge in [-0.15, -0.1) is 0 Å². The fraction of sp³-hybridized carbons (Fsp3) is 0.0357. The second-order valence-corrected chi connectivity index (χ2v) is 8.38. The molecule has 6 rings (SSSR count). The van der Waals surface area contributed by atoms with Gasteiger partial charge < -0.3 is 10.8 Å². The van der Waals surface area contributed by atoms with Crippen LogP contribution in [0, 0.1) is 5.82 Å². The van der Waals surface area contributed by atoms with E-state index in [1.54, 1.807) is 18.5 Å². The van der Waals surface area contributed by atoms with Gasteiger partial charge in [0.2, 0.25) is 0 Å². The Morgan fingerprint density at radius 2 is 1.77 bits per heavy atom. The summed E-state index contributed by atoms with van der Waals surface area (Å²) in [6.07, 6.45) is 3.52. The molecular weight excluding hydrogens is 441 g/mol. The van der Waals surface area contributed by atoms with Crippen molar-refractivity contribution in [3.05, 3.63) is 103 Å². The summed E-state index contributed by atoms with van der Waals surface area (Å²) >= 11 is 0. The van der Waals surface area contributed by atoms with E-state index in [-0.39, 0.29) is 5.75 Å². The van der Waals surface area contributed by atoms with E-state index in [4.69, 9.17) is 15.8 Å². The number of phenols is 1. The molecule has 0 spiro atoms. The quantitative estimate of drug-likeness (QED) is 0.325. The van der Waals surface area contributed by atoms with E-state index in [1.807, 2.05) is 53.2 Å². The lowest BCUT2D eigenvalue weighted by Gasteiger charge is -2.12. The highest BCUT2D eigenvalue weighted by molar-refractivity contribution is 6.01. The number of aromatic hydroxyl groups is 1. The van der Waals surface area contributed by atoms with Crippen LogP contribution in [0.1, 0.15) is 5.56 Å². The van der Waals surface area contributed by atoms with E-state index in [1.165, 1.54) is 12.1 Å². The first kappa shape index (κ1) is 20.8. The molecule has 6 nitrogen and oxygen atoms in total. The zero-order valence-electron chi connectivity index (χ0n) is 18.6. The van der Waals surface area contributed by atoms with Crippen molar-refractivity contribution in [3.8, 4) is 28.3 Å². The molecule has 0 radical (unpaired) electrons. The Hall–Kier alpha value is -4.78. The Balaban J connectivity index is 1.57. The average Bonchev–Trinajstić information content (AvgIpc) is 3.23. The van der Waals surface area contributed by atoms with E-state index in [2.05, 4.69) is 11.1 Å². The van der Waals surface area contributed by atoms with Crippen LogP contribution in [0.15, 0.2) is 91.3 Å². The molecule has 0 saturated heterocycles. The lowest BCUT2D eigenvalue weighted by molar-refractivity contribution is 0.469. The summed E-state index contributed by atoms with van der Waals surface area (Å²) in [6, 6.07) is 23.4. The van der Waals surface area contributed by atoms with Crippen molar-refractivity contribution in [3.63, 3.8) is 0 Å². The Labute approximate surface area is 200 Å². The van der Waals surface area contributed by atoms with E-state index in [9.17, 15) is 9.50 Å². The van der Waals surface area contributed by atoms with Crippen LogP contribution in [0.3, 0.4) is 0 Å². The topological polar surface area (TPSA) is 89.8 Å². The van der Waals surface area contributed by atoms with Crippen molar-refractivity contribution in [2.75, 3.05) is 5.73 Å². The second kappa shape index (κ2) is 8.22. The number of nitrogens with two attached hydrogens (primary N) is 1. The standard InChI is InChI=1S/C28H20FN5O/c29-21-12-19(13-22(35)14-21)28-26-23(30)7-3-9-25(26)34(33-28)16-20-11-17-5-1-2-8-24(17)32-27(20)18-6-4-10-31-15-18/h1-15,35H,16,30H2.